The van der Waals surface area contributed by atoms with Crippen LogP contribution in [0.2, 0.25) is 0 Å². The molecular formula is C20H25N3O2. The van der Waals surface area contributed by atoms with Crippen LogP contribution in [0.15, 0.2) is 40.6 Å². The van der Waals surface area contributed by atoms with Crippen molar-refractivity contribution >= 4 is 5.91 Å². The Morgan fingerprint density at radius 2 is 2.08 bits per heavy atom. The van der Waals surface area contributed by atoms with Crippen LogP contribution < -0.4 is 5.32 Å². The molecule has 0 unspecified atom stereocenters. The van der Waals surface area contributed by atoms with Gasteiger partial charge in [-0.25, -0.2) is 0 Å². The number of terminal acetylenes is 1. The van der Waals surface area contributed by atoms with E-state index in [9.17, 15) is 4.79 Å². The molecule has 0 bridgehead atoms. The number of nitrogens with one attached hydrogen (secondary N) is 1. The predicted octanol–water partition coefficient (Wildman–Crippen LogP) is 3.60. The molecule has 1 heterocycles. The second-order valence-corrected chi connectivity index (χ2v) is 6.83. The Kier molecular flexibility index (Phi) is 5.83. The molecule has 0 radical (unpaired) electrons. The largest absolute Gasteiger partial charge is 0.371 e. The molecule has 1 aromatic carbocycles. The quantitative estimate of drug-likeness (QED) is 0.699. The van der Waals surface area contributed by atoms with Crippen molar-refractivity contribution < 1.29 is 9.53 Å². The second kappa shape index (κ2) is 8.26. The number of carbonyl (C=O) groups is 1. The monoisotopic (exact) mass is 339 g/mol. The first-order chi connectivity index (χ1) is 12.2. The van der Waals surface area contributed by atoms with Crippen molar-refractivity contribution in [2.45, 2.75) is 69.4 Å². The SMILES string of the molecule is C#CCCC1(CCC(=O)N[C@@H]2CCC[C@H]2OCc2ccccc2)N=N1. The van der Waals surface area contributed by atoms with Crippen LogP contribution in [0.25, 0.3) is 0 Å². The van der Waals surface area contributed by atoms with Crippen molar-refractivity contribution in [2.24, 2.45) is 10.2 Å². The standard InChI is InChI=1S/C20H25N3O2/c1-2-3-13-20(22-23-20)14-12-19(24)21-17-10-7-11-18(17)25-15-16-8-5-4-6-9-16/h1,4-6,8-9,17-18H,3,7,10-15H2,(H,21,24)/t17-,18-/m1/s1. The van der Waals surface area contributed by atoms with Gasteiger partial charge in [0.1, 0.15) is 0 Å². The van der Waals surface area contributed by atoms with E-state index in [0.29, 0.717) is 25.9 Å². The fourth-order valence-electron chi connectivity index (χ4n) is 3.33. The highest BCUT2D eigenvalue weighted by atomic mass is 16.5. The molecule has 2 aliphatic rings. The first-order valence-electron chi connectivity index (χ1n) is 9.03. The van der Waals surface area contributed by atoms with Gasteiger partial charge in [-0.2, -0.15) is 10.2 Å². The summed E-state index contributed by atoms with van der Waals surface area (Å²) in [5, 5.41) is 11.3. The number of hydrogen-bond donors (Lipinski definition) is 1. The van der Waals surface area contributed by atoms with Gasteiger partial charge in [0.15, 0.2) is 5.66 Å². The van der Waals surface area contributed by atoms with E-state index in [2.05, 4.69) is 33.6 Å². The molecular weight excluding hydrogens is 314 g/mol. The molecule has 0 saturated heterocycles. The van der Waals surface area contributed by atoms with E-state index in [-0.39, 0.29) is 23.7 Å². The van der Waals surface area contributed by atoms with Gasteiger partial charge in [0.25, 0.3) is 0 Å². The van der Waals surface area contributed by atoms with Gasteiger partial charge < -0.3 is 10.1 Å². The van der Waals surface area contributed by atoms with E-state index in [1.54, 1.807) is 0 Å². The van der Waals surface area contributed by atoms with Crippen molar-refractivity contribution in [1.82, 2.24) is 5.32 Å². The molecule has 5 heteroatoms. The number of carbonyl (C=O) groups excluding carboxylic acids is 1. The predicted molar refractivity (Wildman–Crippen MR) is 95.7 cm³/mol. The fraction of sp³-hybridized carbons (Fsp3) is 0.550. The molecule has 5 nitrogen and oxygen atoms in total. The van der Waals surface area contributed by atoms with Crippen molar-refractivity contribution in [1.29, 1.82) is 0 Å². The molecule has 1 aliphatic heterocycles. The normalized spacial score (nSPS) is 23.2. The van der Waals surface area contributed by atoms with Crippen LogP contribution in [-0.4, -0.2) is 23.7 Å². The number of amides is 1. The Labute approximate surface area is 149 Å². The van der Waals surface area contributed by atoms with Crippen LogP contribution in [0.5, 0.6) is 0 Å². The third-order valence-electron chi connectivity index (χ3n) is 4.91. The second-order valence-electron chi connectivity index (χ2n) is 6.83. The van der Waals surface area contributed by atoms with E-state index in [0.717, 1.165) is 31.2 Å². The molecule has 1 fully saturated rings. The Morgan fingerprint density at radius 3 is 2.80 bits per heavy atom. The molecule has 1 amide bonds. The molecule has 0 spiro atoms. The maximum Gasteiger partial charge on any atom is 0.220 e. The molecule has 2 atom stereocenters. The highest BCUT2D eigenvalue weighted by Crippen LogP contribution is 2.37. The highest BCUT2D eigenvalue weighted by Gasteiger charge is 2.39. The minimum atomic E-state index is -0.386. The summed E-state index contributed by atoms with van der Waals surface area (Å²) in [6.45, 7) is 0.588. The summed E-state index contributed by atoms with van der Waals surface area (Å²) in [4.78, 5) is 12.3. The maximum absolute atomic E-state index is 12.3. The molecule has 1 N–H and O–H groups in total. The van der Waals surface area contributed by atoms with Crippen molar-refractivity contribution in [3.05, 3.63) is 35.9 Å². The van der Waals surface area contributed by atoms with Crippen LogP contribution in [0.1, 0.15) is 50.5 Å². The van der Waals surface area contributed by atoms with E-state index in [4.69, 9.17) is 11.2 Å². The van der Waals surface area contributed by atoms with Gasteiger partial charge in [-0.15, -0.1) is 12.3 Å². The van der Waals surface area contributed by atoms with Crippen molar-refractivity contribution in [3.8, 4) is 12.3 Å². The summed E-state index contributed by atoms with van der Waals surface area (Å²) in [6, 6.07) is 10.2. The van der Waals surface area contributed by atoms with Crippen molar-refractivity contribution in [3.63, 3.8) is 0 Å². The zero-order valence-corrected chi connectivity index (χ0v) is 14.5. The zero-order chi connectivity index (χ0) is 17.5. The average Bonchev–Trinajstić information content (AvgIpc) is 3.28. The molecule has 1 aromatic rings. The average molecular weight is 339 g/mol. The summed E-state index contributed by atoms with van der Waals surface area (Å²) >= 11 is 0. The van der Waals surface area contributed by atoms with Gasteiger partial charge in [0.05, 0.1) is 18.8 Å². The number of nitrogens with zero attached hydrogens (tertiary/aromatic N) is 2. The Bertz CT molecular complexity index is 645. The van der Waals surface area contributed by atoms with Gasteiger partial charge >= 0.3 is 0 Å². The van der Waals surface area contributed by atoms with E-state index >= 15 is 0 Å². The van der Waals surface area contributed by atoms with Gasteiger partial charge in [-0.1, -0.05) is 30.3 Å². The Morgan fingerprint density at radius 1 is 1.28 bits per heavy atom. The molecule has 132 valence electrons. The first kappa shape index (κ1) is 17.6. The van der Waals surface area contributed by atoms with Crippen LogP contribution in [-0.2, 0) is 16.1 Å². The van der Waals surface area contributed by atoms with Crippen LogP contribution in [0, 0.1) is 12.3 Å². The number of benzene rings is 1. The number of hydrogen-bond acceptors (Lipinski definition) is 4. The third kappa shape index (κ3) is 5.14. The molecule has 25 heavy (non-hydrogen) atoms. The molecule has 0 aromatic heterocycles. The summed E-state index contributed by atoms with van der Waals surface area (Å²) in [7, 11) is 0. The van der Waals surface area contributed by atoms with Gasteiger partial charge in [0, 0.05) is 25.7 Å². The minimum Gasteiger partial charge on any atom is -0.371 e. The van der Waals surface area contributed by atoms with E-state index < -0.39 is 0 Å². The number of rotatable bonds is 9. The van der Waals surface area contributed by atoms with Crippen LogP contribution in [0.4, 0.5) is 0 Å². The minimum absolute atomic E-state index is 0.0533. The zero-order valence-electron chi connectivity index (χ0n) is 14.5. The van der Waals surface area contributed by atoms with E-state index in [1.165, 1.54) is 0 Å². The van der Waals surface area contributed by atoms with Gasteiger partial charge in [-0.05, 0) is 24.8 Å². The topological polar surface area (TPSA) is 63.0 Å². The van der Waals surface area contributed by atoms with Crippen molar-refractivity contribution in [2.75, 3.05) is 0 Å². The third-order valence-corrected chi connectivity index (χ3v) is 4.91. The lowest BCUT2D eigenvalue weighted by atomic mass is 10.0. The molecule has 1 aliphatic carbocycles. The lowest BCUT2D eigenvalue weighted by Crippen LogP contribution is -2.41. The Balaban J connectivity index is 1.40. The lowest BCUT2D eigenvalue weighted by Gasteiger charge is -2.22. The summed E-state index contributed by atoms with van der Waals surface area (Å²) in [5.74, 6) is 2.66. The van der Waals surface area contributed by atoms with Crippen LogP contribution in [0.3, 0.4) is 0 Å². The molecule has 1 saturated carbocycles. The van der Waals surface area contributed by atoms with Gasteiger partial charge in [0.2, 0.25) is 5.91 Å². The Hall–Kier alpha value is -2.19. The fourth-order valence-corrected chi connectivity index (χ4v) is 3.33. The summed E-state index contributed by atoms with van der Waals surface area (Å²) in [5.41, 5.74) is 0.773. The molecule has 3 rings (SSSR count). The maximum atomic E-state index is 12.3. The van der Waals surface area contributed by atoms with E-state index in [1.807, 2.05) is 18.2 Å². The summed E-state index contributed by atoms with van der Waals surface area (Å²) in [6.07, 6.45) is 10.9. The highest BCUT2D eigenvalue weighted by molar-refractivity contribution is 5.76. The number of ether oxygens (including phenoxy) is 1. The smallest absolute Gasteiger partial charge is 0.220 e. The van der Waals surface area contributed by atoms with Crippen LogP contribution >= 0.6 is 0 Å². The summed E-state index contributed by atoms with van der Waals surface area (Å²) < 4.78 is 6.04. The van der Waals surface area contributed by atoms with Gasteiger partial charge in [-0.3, -0.25) is 4.79 Å². The lowest BCUT2D eigenvalue weighted by molar-refractivity contribution is -0.123. The first-order valence-corrected chi connectivity index (χ1v) is 9.03.